The van der Waals surface area contributed by atoms with Crippen molar-refractivity contribution in [2.24, 2.45) is 0 Å². The third kappa shape index (κ3) is 4.41. The van der Waals surface area contributed by atoms with Gasteiger partial charge in [0, 0.05) is 48.9 Å². The van der Waals surface area contributed by atoms with Crippen LogP contribution in [0.4, 0.5) is 24.0 Å². The molecule has 3 atom stereocenters. The first kappa shape index (κ1) is 28.6. The molecule has 3 fully saturated rings. The zero-order valence-corrected chi connectivity index (χ0v) is 24.8. The molecule has 13 heteroatoms. The summed E-state index contributed by atoms with van der Waals surface area (Å²) in [6.45, 7) is 2.84. The number of thiophene rings is 1. The lowest BCUT2D eigenvalue weighted by Crippen LogP contribution is -2.43. The number of aromatic nitrogens is 2. The van der Waals surface area contributed by atoms with Crippen molar-refractivity contribution in [1.82, 2.24) is 20.2 Å². The maximum atomic E-state index is 16.9. The summed E-state index contributed by atoms with van der Waals surface area (Å²) in [7, 11) is 1.86. The van der Waals surface area contributed by atoms with E-state index in [9.17, 15) is 19.3 Å². The normalized spacial score (nSPS) is 23.2. The summed E-state index contributed by atoms with van der Waals surface area (Å²) in [5, 5.41) is 23.9. The van der Waals surface area contributed by atoms with E-state index in [1.54, 1.807) is 0 Å². The number of nitrogens with zero attached hydrogens (tertiary/aromatic N) is 6. The van der Waals surface area contributed by atoms with Gasteiger partial charge in [-0.05, 0) is 50.0 Å². The molecule has 0 unspecified atom stereocenters. The summed E-state index contributed by atoms with van der Waals surface area (Å²) in [6.07, 6.45) is 1.99. The Hall–Kier alpha value is -4.17. The Balaban J connectivity index is 1.42. The molecule has 0 radical (unpaired) electrons. The number of benzene rings is 2. The van der Waals surface area contributed by atoms with Gasteiger partial charge in [-0.3, -0.25) is 4.90 Å². The SMILES string of the molecule is CN(c1nc(OC[C@@]23CCCN2C[C@H](F)C3)nc2c(F)c(-c3ccc(F)c4sc(N)c(C#N)c34)c(C#N)cc12)[C@@H]1CCNC1. The highest BCUT2D eigenvalue weighted by Gasteiger charge is 2.49. The second-order valence-electron chi connectivity index (χ2n) is 11.8. The van der Waals surface area contributed by atoms with Crippen molar-refractivity contribution in [2.45, 2.75) is 43.4 Å². The molecule has 0 aliphatic carbocycles. The summed E-state index contributed by atoms with van der Waals surface area (Å²) in [4.78, 5) is 13.3. The first-order valence-electron chi connectivity index (χ1n) is 14.6. The van der Waals surface area contributed by atoms with E-state index in [1.165, 1.54) is 18.2 Å². The van der Waals surface area contributed by atoms with E-state index in [4.69, 9.17) is 15.5 Å². The molecule has 0 bridgehead atoms. The number of nitrogens with two attached hydrogens (primary N) is 1. The van der Waals surface area contributed by atoms with Gasteiger partial charge in [-0.15, -0.1) is 11.3 Å². The molecule has 3 aliphatic rings. The van der Waals surface area contributed by atoms with Crippen molar-refractivity contribution in [1.29, 1.82) is 10.5 Å². The number of likely N-dealkylation sites (N-methyl/N-ethyl adjacent to an activating group) is 1. The quantitative estimate of drug-likeness (QED) is 0.311. The van der Waals surface area contributed by atoms with Crippen molar-refractivity contribution in [2.75, 3.05) is 50.5 Å². The van der Waals surface area contributed by atoms with Crippen LogP contribution in [0.2, 0.25) is 0 Å². The molecule has 226 valence electrons. The van der Waals surface area contributed by atoms with Gasteiger partial charge in [0.25, 0.3) is 0 Å². The van der Waals surface area contributed by atoms with E-state index in [-0.39, 0.29) is 61.5 Å². The van der Waals surface area contributed by atoms with Gasteiger partial charge in [-0.25, -0.2) is 13.2 Å². The molecule has 4 aromatic rings. The molecule has 0 saturated carbocycles. The van der Waals surface area contributed by atoms with Gasteiger partial charge in [-0.1, -0.05) is 6.07 Å². The first-order valence-corrected chi connectivity index (χ1v) is 15.4. The molecular weight excluding hydrogens is 589 g/mol. The lowest BCUT2D eigenvalue weighted by molar-refractivity contribution is 0.107. The van der Waals surface area contributed by atoms with Crippen molar-refractivity contribution in [3.05, 3.63) is 41.0 Å². The second kappa shape index (κ2) is 10.8. The monoisotopic (exact) mass is 618 g/mol. The Morgan fingerprint density at radius 3 is 2.86 bits per heavy atom. The number of hydrogen-bond acceptors (Lipinski definition) is 10. The third-order valence-electron chi connectivity index (χ3n) is 9.36. The van der Waals surface area contributed by atoms with Gasteiger partial charge < -0.3 is 20.7 Å². The van der Waals surface area contributed by atoms with Crippen LogP contribution < -0.4 is 20.7 Å². The molecule has 2 aromatic heterocycles. The number of fused-ring (bicyclic) bond motifs is 3. The largest absolute Gasteiger partial charge is 0.461 e. The lowest BCUT2D eigenvalue weighted by atomic mass is 9.93. The zero-order valence-electron chi connectivity index (χ0n) is 24.0. The Morgan fingerprint density at radius 2 is 2.11 bits per heavy atom. The Morgan fingerprint density at radius 1 is 1.27 bits per heavy atom. The predicted octanol–water partition coefficient (Wildman–Crippen LogP) is 4.87. The van der Waals surface area contributed by atoms with Crippen molar-refractivity contribution in [3.8, 4) is 29.3 Å². The van der Waals surface area contributed by atoms with Gasteiger partial charge >= 0.3 is 6.01 Å². The topological polar surface area (TPSA) is 127 Å². The Labute approximate surface area is 255 Å². The molecule has 5 heterocycles. The summed E-state index contributed by atoms with van der Waals surface area (Å²) in [5.41, 5.74) is 5.55. The van der Waals surface area contributed by atoms with Crippen LogP contribution in [0.25, 0.3) is 32.1 Å². The number of nitrogen functional groups attached to an aromatic ring is 1. The first-order chi connectivity index (χ1) is 21.2. The van der Waals surface area contributed by atoms with Gasteiger partial charge in [-0.2, -0.15) is 20.5 Å². The molecule has 3 saturated heterocycles. The summed E-state index contributed by atoms with van der Waals surface area (Å²) in [6, 6.07) is 8.16. The molecule has 2 aromatic carbocycles. The zero-order chi connectivity index (χ0) is 30.7. The molecule has 3 aliphatic heterocycles. The highest BCUT2D eigenvalue weighted by Crippen LogP contribution is 2.45. The van der Waals surface area contributed by atoms with Gasteiger partial charge in [0.1, 0.15) is 41.0 Å². The highest BCUT2D eigenvalue weighted by molar-refractivity contribution is 7.23. The molecule has 0 spiro atoms. The fraction of sp³-hybridized carbons (Fsp3) is 0.419. The van der Waals surface area contributed by atoms with E-state index in [0.29, 0.717) is 30.7 Å². The number of nitrogens with one attached hydrogen (secondary N) is 1. The van der Waals surface area contributed by atoms with Crippen LogP contribution in [-0.2, 0) is 0 Å². The molecule has 9 nitrogen and oxygen atoms in total. The number of alkyl halides is 1. The van der Waals surface area contributed by atoms with Crippen molar-refractivity contribution < 1.29 is 17.9 Å². The maximum absolute atomic E-state index is 16.9. The number of hydrogen-bond donors (Lipinski definition) is 2. The van der Waals surface area contributed by atoms with E-state index in [0.717, 1.165) is 43.7 Å². The minimum Gasteiger partial charge on any atom is -0.461 e. The molecule has 7 rings (SSSR count). The lowest BCUT2D eigenvalue weighted by Gasteiger charge is -2.31. The van der Waals surface area contributed by atoms with Crippen LogP contribution in [0.15, 0.2) is 18.2 Å². The van der Waals surface area contributed by atoms with E-state index in [1.807, 2.05) is 18.0 Å². The molecule has 44 heavy (non-hydrogen) atoms. The standard InChI is InChI=1S/C31H29F3N8OS/c1-41(18-5-7-38-13-18)29-20-9-16(11-35)23(19-3-4-22(33)27-24(19)21(12-36)28(37)44-27)25(34)26(20)39-30(40-29)43-15-31-6-2-8-42(31)14-17(32)10-31/h3-4,9,17-18,38H,2,5-8,10,13-15,37H2,1H3/t17-,18-,31+/m1/s1. The van der Waals surface area contributed by atoms with Crippen LogP contribution in [0, 0.1) is 34.3 Å². The second-order valence-corrected chi connectivity index (χ2v) is 12.9. The molecular formula is C31H29F3N8OS. The Kier molecular flexibility index (Phi) is 7.00. The van der Waals surface area contributed by atoms with Crippen molar-refractivity contribution in [3.63, 3.8) is 0 Å². The fourth-order valence-corrected chi connectivity index (χ4v) is 8.12. The highest BCUT2D eigenvalue weighted by atomic mass is 32.1. The van der Waals surface area contributed by atoms with Crippen LogP contribution in [0.1, 0.15) is 36.8 Å². The summed E-state index contributed by atoms with van der Waals surface area (Å²) >= 11 is 0.896. The van der Waals surface area contributed by atoms with Gasteiger partial charge in [0.05, 0.1) is 27.4 Å². The number of halogens is 3. The van der Waals surface area contributed by atoms with Crippen LogP contribution in [0.3, 0.4) is 0 Å². The van der Waals surface area contributed by atoms with Crippen LogP contribution in [-0.4, -0.2) is 72.5 Å². The smallest absolute Gasteiger partial charge is 0.319 e. The average Bonchev–Trinajstić information content (AvgIpc) is 3.80. The minimum atomic E-state index is -0.936. The van der Waals surface area contributed by atoms with Crippen LogP contribution in [0.5, 0.6) is 6.01 Å². The predicted molar refractivity (Wildman–Crippen MR) is 162 cm³/mol. The number of anilines is 2. The minimum absolute atomic E-state index is 0.0199. The summed E-state index contributed by atoms with van der Waals surface area (Å²) < 4.78 is 52.4. The van der Waals surface area contributed by atoms with Crippen LogP contribution >= 0.6 is 11.3 Å². The summed E-state index contributed by atoms with van der Waals surface area (Å²) in [5.74, 6) is -1.02. The van der Waals surface area contributed by atoms with Crippen molar-refractivity contribution >= 4 is 43.1 Å². The number of ether oxygens (including phenoxy) is 1. The van der Waals surface area contributed by atoms with E-state index < -0.39 is 23.3 Å². The Bertz CT molecular complexity index is 1900. The third-order valence-corrected chi connectivity index (χ3v) is 10.4. The molecule has 3 N–H and O–H groups in total. The average molecular weight is 619 g/mol. The number of nitriles is 2. The fourth-order valence-electron chi connectivity index (χ4n) is 7.18. The molecule has 0 amide bonds. The van der Waals surface area contributed by atoms with Gasteiger partial charge in [0.15, 0.2) is 5.82 Å². The maximum Gasteiger partial charge on any atom is 0.319 e. The van der Waals surface area contributed by atoms with E-state index >= 15 is 4.39 Å². The number of rotatable bonds is 6. The van der Waals surface area contributed by atoms with E-state index in [2.05, 4.69) is 21.3 Å². The van der Waals surface area contributed by atoms with Gasteiger partial charge in [0.2, 0.25) is 0 Å².